The van der Waals surface area contributed by atoms with Crippen LogP contribution in [-0.4, -0.2) is 39.5 Å². The Labute approximate surface area is 120 Å². The Morgan fingerprint density at radius 2 is 2.05 bits per heavy atom. The number of para-hydroxylation sites is 2. The zero-order valence-corrected chi connectivity index (χ0v) is 11.8. The average molecular weight is 292 g/mol. The molecule has 1 atom stereocenters. The van der Waals surface area contributed by atoms with Gasteiger partial charge in [-0.15, -0.1) is 0 Å². The molecule has 0 fully saturated rings. The van der Waals surface area contributed by atoms with Crippen LogP contribution in [0.15, 0.2) is 33.5 Å². The Morgan fingerprint density at radius 1 is 1.38 bits per heavy atom. The molecule has 0 spiro atoms. The van der Waals surface area contributed by atoms with Gasteiger partial charge in [-0.2, -0.15) is 0 Å². The first-order chi connectivity index (χ1) is 9.95. The number of hydrogen-bond donors (Lipinski definition) is 1. The minimum Gasteiger partial charge on any atom is -0.480 e. The van der Waals surface area contributed by atoms with Gasteiger partial charge in [0, 0.05) is 7.05 Å². The van der Waals surface area contributed by atoms with Gasteiger partial charge < -0.3 is 14.4 Å². The smallest absolute Gasteiger partial charge is 0.420 e. The summed E-state index contributed by atoms with van der Waals surface area (Å²) in [6.07, 6.45) is 0.290. The van der Waals surface area contributed by atoms with Crippen LogP contribution in [0.4, 0.5) is 0 Å². The van der Waals surface area contributed by atoms with Gasteiger partial charge in [-0.05, 0) is 18.6 Å². The number of oxazole rings is 1. The lowest BCUT2D eigenvalue weighted by atomic mass is 10.2. The third-order valence-electron chi connectivity index (χ3n) is 3.40. The Bertz CT molecular complexity index is 730. The summed E-state index contributed by atoms with van der Waals surface area (Å²) >= 11 is 0. The summed E-state index contributed by atoms with van der Waals surface area (Å²) in [4.78, 5) is 36.2. The van der Waals surface area contributed by atoms with Gasteiger partial charge >= 0.3 is 11.7 Å². The first-order valence-electron chi connectivity index (χ1n) is 6.52. The summed E-state index contributed by atoms with van der Waals surface area (Å²) in [6.45, 7) is 1.43. The Hall–Kier alpha value is -2.57. The number of carbonyl (C=O) groups excluding carboxylic acids is 1. The summed E-state index contributed by atoms with van der Waals surface area (Å²) in [5.74, 6) is -2.17. The van der Waals surface area contributed by atoms with E-state index in [9.17, 15) is 14.4 Å². The van der Waals surface area contributed by atoms with Crippen LogP contribution in [0.3, 0.4) is 0 Å². The molecule has 2 aromatic rings. The highest BCUT2D eigenvalue weighted by Crippen LogP contribution is 2.12. The van der Waals surface area contributed by atoms with Crippen LogP contribution in [-0.2, 0) is 16.1 Å². The monoisotopic (exact) mass is 292 g/mol. The van der Waals surface area contributed by atoms with E-state index in [2.05, 4.69) is 0 Å². The highest BCUT2D eigenvalue weighted by molar-refractivity contribution is 5.84. The van der Waals surface area contributed by atoms with Gasteiger partial charge in [-0.3, -0.25) is 9.36 Å². The molecule has 0 bridgehead atoms. The van der Waals surface area contributed by atoms with Crippen LogP contribution in [0, 0.1) is 0 Å². The molecule has 1 unspecified atom stereocenters. The molecule has 0 aliphatic heterocycles. The molecule has 7 nitrogen and oxygen atoms in total. The predicted octanol–water partition coefficient (Wildman–Crippen LogP) is 0.916. The number of likely N-dealkylation sites (N-methyl/N-ethyl adjacent to an activating group) is 1. The van der Waals surface area contributed by atoms with Gasteiger partial charge in [-0.1, -0.05) is 19.1 Å². The van der Waals surface area contributed by atoms with Crippen LogP contribution in [0.5, 0.6) is 0 Å². The van der Waals surface area contributed by atoms with Crippen molar-refractivity contribution in [1.29, 1.82) is 0 Å². The van der Waals surface area contributed by atoms with Gasteiger partial charge in [0.25, 0.3) is 0 Å². The van der Waals surface area contributed by atoms with Crippen LogP contribution < -0.4 is 5.76 Å². The number of rotatable bonds is 5. The summed E-state index contributed by atoms with van der Waals surface area (Å²) in [5, 5.41) is 9.06. The van der Waals surface area contributed by atoms with E-state index in [1.807, 2.05) is 0 Å². The van der Waals surface area contributed by atoms with E-state index in [0.29, 0.717) is 17.5 Å². The lowest BCUT2D eigenvalue weighted by molar-refractivity contribution is -0.149. The molecule has 0 radical (unpaired) electrons. The first-order valence-corrected chi connectivity index (χ1v) is 6.52. The number of amides is 1. The predicted molar refractivity (Wildman–Crippen MR) is 75.0 cm³/mol. The third-order valence-corrected chi connectivity index (χ3v) is 3.40. The van der Waals surface area contributed by atoms with Crippen molar-refractivity contribution in [3.8, 4) is 0 Å². The minimum absolute atomic E-state index is 0.254. The van der Waals surface area contributed by atoms with E-state index in [4.69, 9.17) is 9.52 Å². The van der Waals surface area contributed by atoms with Crippen molar-refractivity contribution >= 4 is 23.0 Å². The number of carbonyl (C=O) groups is 2. The number of aromatic nitrogens is 1. The molecule has 2 rings (SSSR count). The second-order valence-electron chi connectivity index (χ2n) is 4.69. The van der Waals surface area contributed by atoms with Crippen LogP contribution >= 0.6 is 0 Å². The molecule has 7 heteroatoms. The topological polar surface area (TPSA) is 92.8 Å². The van der Waals surface area contributed by atoms with Crippen LogP contribution in [0.1, 0.15) is 13.3 Å². The molecule has 1 N–H and O–H groups in total. The fourth-order valence-electron chi connectivity index (χ4n) is 2.20. The quantitative estimate of drug-likeness (QED) is 0.884. The number of benzene rings is 1. The minimum atomic E-state index is -1.07. The van der Waals surface area contributed by atoms with Crippen molar-refractivity contribution in [2.24, 2.45) is 0 Å². The summed E-state index contributed by atoms with van der Waals surface area (Å²) in [7, 11) is 1.41. The zero-order valence-electron chi connectivity index (χ0n) is 11.8. The standard InChI is InChI=1S/C14H16N2O5/c1-3-9(13(18)19)15(2)12(17)8-16-10-6-4-5-7-11(10)21-14(16)20/h4-7,9H,3,8H2,1-2H3,(H,18,19). The van der Waals surface area contributed by atoms with Gasteiger partial charge in [-0.25, -0.2) is 9.59 Å². The molecule has 1 amide bonds. The van der Waals surface area contributed by atoms with Crippen molar-refractivity contribution in [3.63, 3.8) is 0 Å². The summed E-state index contributed by atoms with van der Waals surface area (Å²) in [5.41, 5.74) is 0.899. The maximum absolute atomic E-state index is 12.2. The van der Waals surface area contributed by atoms with Gasteiger partial charge in [0.1, 0.15) is 12.6 Å². The second-order valence-corrected chi connectivity index (χ2v) is 4.69. The number of aliphatic carboxylic acids is 1. The molecule has 21 heavy (non-hydrogen) atoms. The number of hydrogen-bond acceptors (Lipinski definition) is 4. The third kappa shape index (κ3) is 2.81. The van der Waals surface area contributed by atoms with Crippen molar-refractivity contribution in [2.75, 3.05) is 7.05 Å². The fourth-order valence-corrected chi connectivity index (χ4v) is 2.20. The molecule has 1 aromatic heterocycles. The van der Waals surface area contributed by atoms with Gasteiger partial charge in [0.15, 0.2) is 5.58 Å². The maximum Gasteiger partial charge on any atom is 0.420 e. The molecule has 0 aliphatic carbocycles. The highest BCUT2D eigenvalue weighted by Gasteiger charge is 2.25. The van der Waals surface area contributed by atoms with Crippen LogP contribution in [0.25, 0.3) is 11.1 Å². The molecular formula is C14H16N2O5. The van der Waals surface area contributed by atoms with Crippen molar-refractivity contribution in [1.82, 2.24) is 9.47 Å². The molecular weight excluding hydrogens is 276 g/mol. The van der Waals surface area contributed by atoms with E-state index in [1.54, 1.807) is 31.2 Å². The molecule has 1 heterocycles. The first kappa shape index (κ1) is 14.8. The Kier molecular flexibility index (Phi) is 4.11. The lowest BCUT2D eigenvalue weighted by Gasteiger charge is -2.23. The number of carboxylic acids is 1. The van der Waals surface area contributed by atoms with E-state index in [1.165, 1.54) is 11.6 Å². The van der Waals surface area contributed by atoms with Gasteiger partial charge in [0.05, 0.1) is 5.52 Å². The SMILES string of the molecule is CCC(C(=O)O)N(C)C(=O)Cn1c(=O)oc2ccccc21. The van der Waals surface area contributed by atoms with Gasteiger partial charge in [0.2, 0.25) is 5.91 Å². The fraction of sp³-hybridized carbons (Fsp3) is 0.357. The van der Waals surface area contributed by atoms with Crippen molar-refractivity contribution in [3.05, 3.63) is 34.8 Å². The number of carboxylic acid groups (broad SMARTS) is 1. The number of fused-ring (bicyclic) bond motifs is 1. The van der Waals surface area contributed by atoms with E-state index in [-0.39, 0.29) is 6.54 Å². The average Bonchev–Trinajstić information content (AvgIpc) is 2.75. The zero-order chi connectivity index (χ0) is 15.6. The molecule has 112 valence electrons. The summed E-state index contributed by atoms with van der Waals surface area (Å²) in [6, 6.07) is 5.84. The second kappa shape index (κ2) is 5.82. The Balaban J connectivity index is 2.28. The normalized spacial score (nSPS) is 12.3. The van der Waals surface area contributed by atoms with E-state index in [0.717, 1.165) is 4.90 Å². The molecule has 0 saturated carbocycles. The lowest BCUT2D eigenvalue weighted by Crippen LogP contribution is -2.44. The molecule has 1 aromatic carbocycles. The maximum atomic E-state index is 12.2. The highest BCUT2D eigenvalue weighted by atomic mass is 16.4. The number of nitrogens with zero attached hydrogens (tertiary/aromatic N) is 2. The molecule has 0 saturated heterocycles. The summed E-state index contributed by atoms with van der Waals surface area (Å²) < 4.78 is 6.23. The van der Waals surface area contributed by atoms with Crippen molar-refractivity contribution in [2.45, 2.75) is 25.9 Å². The molecule has 0 aliphatic rings. The van der Waals surface area contributed by atoms with Crippen molar-refractivity contribution < 1.29 is 19.1 Å². The van der Waals surface area contributed by atoms with E-state index < -0.39 is 23.7 Å². The largest absolute Gasteiger partial charge is 0.480 e. The Morgan fingerprint density at radius 3 is 2.67 bits per heavy atom. The van der Waals surface area contributed by atoms with E-state index >= 15 is 0 Å². The van der Waals surface area contributed by atoms with Crippen LogP contribution in [0.2, 0.25) is 0 Å².